The Morgan fingerprint density at radius 1 is 0.903 bits per heavy atom. The minimum absolute atomic E-state index is 0.00519. The molecule has 162 valence electrons. The quantitative estimate of drug-likeness (QED) is 0.316. The second-order valence-corrected chi connectivity index (χ2v) is 8.80. The number of hydrogen-bond donors (Lipinski definition) is 0. The highest BCUT2D eigenvalue weighted by atomic mass is 16.5. The second kappa shape index (κ2) is 9.78. The lowest BCUT2D eigenvalue weighted by Crippen LogP contribution is -2.19. The fourth-order valence-corrected chi connectivity index (χ4v) is 3.91. The van der Waals surface area contributed by atoms with Crippen LogP contribution in [0.3, 0.4) is 0 Å². The maximum Gasteiger partial charge on any atom is 0.308 e. The van der Waals surface area contributed by atoms with Gasteiger partial charge in [-0.05, 0) is 59.4 Å². The van der Waals surface area contributed by atoms with Crippen molar-refractivity contribution in [1.82, 2.24) is 4.98 Å². The Kier molecular flexibility index (Phi) is 7.11. The van der Waals surface area contributed by atoms with Gasteiger partial charge in [-0.15, -0.1) is 0 Å². The third kappa shape index (κ3) is 5.94. The summed E-state index contributed by atoms with van der Waals surface area (Å²) in [6, 6.07) is 22.0. The summed E-state index contributed by atoms with van der Waals surface area (Å²) in [6.45, 7) is 10.2. The standard InChI is InChI=1S/C27H31NO3/c1-6-25(24-9-7-8-18-28-24)31-23-16-12-21(13-17-23)26(27(3,4)5)20-10-14-22(15-11-20)30-19(2)29/h7-18,25-26H,6H2,1-5H3. The molecule has 0 radical (unpaired) electrons. The van der Waals surface area contributed by atoms with Gasteiger partial charge in [0.05, 0.1) is 5.69 Å². The van der Waals surface area contributed by atoms with E-state index in [9.17, 15) is 4.79 Å². The summed E-state index contributed by atoms with van der Waals surface area (Å²) < 4.78 is 11.4. The molecule has 2 aromatic carbocycles. The number of aromatic nitrogens is 1. The lowest BCUT2D eigenvalue weighted by molar-refractivity contribution is -0.131. The van der Waals surface area contributed by atoms with E-state index in [0.29, 0.717) is 5.75 Å². The first-order valence-corrected chi connectivity index (χ1v) is 10.7. The van der Waals surface area contributed by atoms with Crippen LogP contribution in [0.1, 0.15) is 69.9 Å². The van der Waals surface area contributed by atoms with Gasteiger partial charge in [0, 0.05) is 19.0 Å². The van der Waals surface area contributed by atoms with Gasteiger partial charge in [0.2, 0.25) is 0 Å². The average molecular weight is 418 g/mol. The highest BCUT2D eigenvalue weighted by Gasteiger charge is 2.28. The smallest absolute Gasteiger partial charge is 0.308 e. The minimum Gasteiger partial charge on any atom is -0.484 e. The molecule has 0 bridgehead atoms. The summed E-state index contributed by atoms with van der Waals surface area (Å²) in [4.78, 5) is 15.6. The minimum atomic E-state index is -0.313. The van der Waals surface area contributed by atoms with Crippen molar-refractivity contribution in [1.29, 1.82) is 0 Å². The predicted octanol–water partition coefficient (Wildman–Crippen LogP) is 6.72. The molecule has 0 amide bonds. The summed E-state index contributed by atoms with van der Waals surface area (Å²) in [6.07, 6.45) is 2.57. The molecule has 4 nitrogen and oxygen atoms in total. The molecule has 1 heterocycles. The zero-order valence-corrected chi connectivity index (χ0v) is 19.0. The molecule has 0 aliphatic rings. The molecule has 3 aromatic rings. The van der Waals surface area contributed by atoms with E-state index in [0.717, 1.165) is 17.9 Å². The van der Waals surface area contributed by atoms with Crippen molar-refractivity contribution >= 4 is 5.97 Å². The number of carbonyl (C=O) groups excluding carboxylic acids is 1. The molecule has 0 fully saturated rings. The van der Waals surface area contributed by atoms with E-state index in [1.54, 1.807) is 6.20 Å². The molecule has 0 N–H and O–H groups in total. The number of nitrogens with zero attached hydrogens (tertiary/aromatic N) is 1. The molecular formula is C27H31NO3. The van der Waals surface area contributed by atoms with Crippen molar-refractivity contribution < 1.29 is 14.3 Å². The molecule has 2 atom stereocenters. The first-order valence-electron chi connectivity index (χ1n) is 10.7. The van der Waals surface area contributed by atoms with Crippen molar-refractivity contribution in [2.24, 2.45) is 5.41 Å². The van der Waals surface area contributed by atoms with Crippen molar-refractivity contribution in [2.45, 2.75) is 53.1 Å². The highest BCUT2D eigenvalue weighted by Crippen LogP contribution is 2.41. The Hall–Kier alpha value is -3.14. The molecular weight excluding hydrogens is 386 g/mol. The summed E-state index contributed by atoms with van der Waals surface area (Å²) in [7, 11) is 0. The average Bonchev–Trinajstić information content (AvgIpc) is 2.74. The largest absolute Gasteiger partial charge is 0.484 e. The molecule has 2 unspecified atom stereocenters. The van der Waals surface area contributed by atoms with Crippen LogP contribution in [0.25, 0.3) is 0 Å². The fourth-order valence-electron chi connectivity index (χ4n) is 3.91. The zero-order valence-electron chi connectivity index (χ0n) is 19.0. The van der Waals surface area contributed by atoms with Crippen LogP contribution in [0.4, 0.5) is 0 Å². The predicted molar refractivity (Wildman–Crippen MR) is 123 cm³/mol. The van der Waals surface area contributed by atoms with Crippen LogP contribution in [0.15, 0.2) is 72.9 Å². The van der Waals surface area contributed by atoms with Gasteiger partial charge in [0.15, 0.2) is 0 Å². The zero-order chi connectivity index (χ0) is 22.4. The molecule has 4 heteroatoms. The third-order valence-electron chi connectivity index (χ3n) is 5.22. The number of ether oxygens (including phenoxy) is 2. The third-order valence-corrected chi connectivity index (χ3v) is 5.22. The molecule has 0 saturated carbocycles. The topological polar surface area (TPSA) is 48.4 Å². The summed E-state index contributed by atoms with van der Waals surface area (Å²) in [5, 5.41) is 0. The van der Waals surface area contributed by atoms with Crippen LogP contribution in [0.2, 0.25) is 0 Å². The van der Waals surface area contributed by atoms with Crippen LogP contribution in [-0.2, 0) is 4.79 Å². The van der Waals surface area contributed by atoms with Crippen LogP contribution in [0.5, 0.6) is 11.5 Å². The van der Waals surface area contributed by atoms with E-state index in [4.69, 9.17) is 9.47 Å². The van der Waals surface area contributed by atoms with Crippen LogP contribution in [0, 0.1) is 5.41 Å². The van der Waals surface area contributed by atoms with Crippen molar-refractivity contribution in [2.75, 3.05) is 0 Å². The van der Waals surface area contributed by atoms with Crippen molar-refractivity contribution in [3.05, 3.63) is 89.7 Å². The van der Waals surface area contributed by atoms with Gasteiger partial charge in [0.25, 0.3) is 0 Å². The molecule has 0 spiro atoms. The molecule has 1 aromatic heterocycles. The van der Waals surface area contributed by atoms with Gasteiger partial charge in [-0.3, -0.25) is 9.78 Å². The summed E-state index contributed by atoms with van der Waals surface area (Å²) >= 11 is 0. The fraction of sp³-hybridized carbons (Fsp3) is 0.333. The van der Waals surface area contributed by atoms with Crippen molar-refractivity contribution in [3.63, 3.8) is 0 Å². The number of benzene rings is 2. The van der Waals surface area contributed by atoms with Crippen LogP contribution < -0.4 is 9.47 Å². The lowest BCUT2D eigenvalue weighted by Gasteiger charge is -2.32. The van der Waals surface area contributed by atoms with E-state index < -0.39 is 0 Å². The number of pyridine rings is 1. The SMILES string of the molecule is CCC(Oc1ccc(C(c2ccc(OC(C)=O)cc2)C(C)(C)C)cc1)c1ccccn1. The van der Waals surface area contributed by atoms with Crippen molar-refractivity contribution in [3.8, 4) is 11.5 Å². The van der Waals surface area contributed by atoms with Gasteiger partial charge >= 0.3 is 5.97 Å². The van der Waals surface area contributed by atoms with Gasteiger partial charge in [0.1, 0.15) is 17.6 Å². The summed E-state index contributed by atoms with van der Waals surface area (Å²) in [5.41, 5.74) is 3.34. The second-order valence-electron chi connectivity index (χ2n) is 8.80. The number of rotatable bonds is 7. The first-order chi connectivity index (χ1) is 14.8. The van der Waals surface area contributed by atoms with Gasteiger partial charge < -0.3 is 9.47 Å². The Labute approximate surface area is 185 Å². The van der Waals surface area contributed by atoms with E-state index in [-0.39, 0.29) is 23.4 Å². The normalized spacial score (nSPS) is 13.3. The van der Waals surface area contributed by atoms with Crippen LogP contribution >= 0.6 is 0 Å². The number of hydrogen-bond acceptors (Lipinski definition) is 4. The maximum atomic E-state index is 11.2. The lowest BCUT2D eigenvalue weighted by atomic mass is 9.72. The molecule has 3 rings (SSSR count). The Morgan fingerprint density at radius 3 is 1.94 bits per heavy atom. The molecule has 0 saturated heterocycles. The van der Waals surface area contributed by atoms with Crippen LogP contribution in [-0.4, -0.2) is 11.0 Å². The van der Waals surface area contributed by atoms with E-state index >= 15 is 0 Å². The number of carbonyl (C=O) groups is 1. The molecule has 0 aliphatic heterocycles. The Balaban J connectivity index is 1.82. The highest BCUT2D eigenvalue weighted by molar-refractivity contribution is 5.69. The summed E-state index contributed by atoms with van der Waals surface area (Å²) in [5.74, 6) is 1.27. The number of esters is 1. The monoisotopic (exact) mass is 417 g/mol. The van der Waals surface area contributed by atoms with Gasteiger partial charge in [-0.2, -0.15) is 0 Å². The van der Waals surface area contributed by atoms with Gasteiger partial charge in [-0.1, -0.05) is 58.0 Å². The Morgan fingerprint density at radius 2 is 1.48 bits per heavy atom. The van der Waals surface area contributed by atoms with E-state index in [1.165, 1.54) is 18.1 Å². The first kappa shape index (κ1) is 22.5. The van der Waals surface area contributed by atoms with E-state index in [2.05, 4.69) is 44.8 Å². The molecule has 31 heavy (non-hydrogen) atoms. The van der Waals surface area contributed by atoms with Gasteiger partial charge in [-0.25, -0.2) is 0 Å². The van der Waals surface area contributed by atoms with E-state index in [1.807, 2.05) is 54.6 Å². The molecule has 0 aliphatic carbocycles. The maximum absolute atomic E-state index is 11.2. The Bertz CT molecular complexity index is 974.